The summed E-state index contributed by atoms with van der Waals surface area (Å²) in [6.07, 6.45) is 3.95. The van der Waals surface area contributed by atoms with Gasteiger partial charge in [-0.15, -0.1) is 0 Å². The van der Waals surface area contributed by atoms with Crippen molar-refractivity contribution in [3.8, 4) is 0 Å². The molecule has 2 saturated carbocycles. The van der Waals surface area contributed by atoms with Crippen molar-refractivity contribution in [2.45, 2.75) is 49.9 Å². The first-order valence-electron chi connectivity index (χ1n) is 6.22. The molecule has 5 rings (SSSR count). The fraction of sp³-hybridized carbons (Fsp3) is 0.917. The summed E-state index contributed by atoms with van der Waals surface area (Å²) in [4.78, 5) is 12.2. The number of aliphatic hydroxyl groups is 1. The summed E-state index contributed by atoms with van der Waals surface area (Å²) in [7, 11) is 0. The fourth-order valence-electron chi connectivity index (χ4n) is 4.47. The number of carbonyl (C=O) groups excluding carboxylic acids is 1. The Morgan fingerprint density at radius 3 is 2.94 bits per heavy atom. The van der Waals surface area contributed by atoms with Crippen molar-refractivity contribution >= 4 is 5.97 Å². The predicted molar refractivity (Wildman–Crippen MR) is 53.6 cm³/mol. The predicted octanol–water partition coefficient (Wildman–Crippen LogP) is 0.622. The van der Waals surface area contributed by atoms with E-state index in [0.717, 1.165) is 25.7 Å². The first-order chi connectivity index (χ1) is 7.69. The zero-order valence-corrected chi connectivity index (χ0v) is 9.15. The van der Waals surface area contributed by atoms with Crippen LogP contribution in [0.3, 0.4) is 0 Å². The number of hydrogen-bond acceptors (Lipinski definition) is 4. The molecule has 4 heteroatoms. The van der Waals surface area contributed by atoms with E-state index in [4.69, 9.17) is 9.47 Å². The zero-order chi connectivity index (χ0) is 11.0. The van der Waals surface area contributed by atoms with Crippen LogP contribution in [0.15, 0.2) is 0 Å². The second-order valence-electron chi connectivity index (χ2n) is 5.76. The van der Waals surface area contributed by atoms with Crippen LogP contribution in [-0.4, -0.2) is 35.5 Å². The SMILES string of the molecule is O=C1O[C@@H]2C[C@@H]3CCC[C@H](O)[C@]13[C@]1(CO1)C2. The van der Waals surface area contributed by atoms with Crippen LogP contribution < -0.4 is 0 Å². The van der Waals surface area contributed by atoms with Gasteiger partial charge in [0.15, 0.2) is 0 Å². The van der Waals surface area contributed by atoms with Crippen molar-refractivity contribution in [3.63, 3.8) is 0 Å². The van der Waals surface area contributed by atoms with E-state index >= 15 is 0 Å². The van der Waals surface area contributed by atoms with E-state index in [1.807, 2.05) is 0 Å². The van der Waals surface area contributed by atoms with E-state index in [2.05, 4.69) is 0 Å². The van der Waals surface area contributed by atoms with Gasteiger partial charge in [-0.25, -0.2) is 0 Å². The van der Waals surface area contributed by atoms with Gasteiger partial charge in [0.05, 0.1) is 12.7 Å². The zero-order valence-electron chi connectivity index (χ0n) is 9.15. The van der Waals surface area contributed by atoms with Crippen LogP contribution in [0.25, 0.3) is 0 Å². The lowest BCUT2D eigenvalue weighted by molar-refractivity contribution is -0.233. The van der Waals surface area contributed by atoms with Gasteiger partial charge >= 0.3 is 5.97 Å². The van der Waals surface area contributed by atoms with Crippen molar-refractivity contribution in [1.29, 1.82) is 0 Å². The Labute approximate surface area is 93.9 Å². The van der Waals surface area contributed by atoms with E-state index in [0.29, 0.717) is 13.0 Å². The van der Waals surface area contributed by atoms with Crippen molar-refractivity contribution in [3.05, 3.63) is 0 Å². The van der Waals surface area contributed by atoms with E-state index in [1.54, 1.807) is 0 Å². The van der Waals surface area contributed by atoms with E-state index in [9.17, 15) is 9.90 Å². The molecule has 5 atom stereocenters. The molecule has 5 aliphatic rings. The molecule has 2 bridgehead atoms. The fourth-order valence-corrected chi connectivity index (χ4v) is 4.47. The summed E-state index contributed by atoms with van der Waals surface area (Å²) in [5, 5.41) is 10.3. The smallest absolute Gasteiger partial charge is 0.318 e. The van der Waals surface area contributed by atoms with Gasteiger partial charge in [-0.05, 0) is 25.2 Å². The third kappa shape index (κ3) is 0.810. The summed E-state index contributed by atoms with van der Waals surface area (Å²) in [5.41, 5.74) is -1.09. The highest BCUT2D eigenvalue weighted by atomic mass is 16.6. The van der Waals surface area contributed by atoms with E-state index in [1.165, 1.54) is 0 Å². The monoisotopic (exact) mass is 224 g/mol. The van der Waals surface area contributed by atoms with Gasteiger partial charge < -0.3 is 14.6 Å². The van der Waals surface area contributed by atoms with E-state index in [-0.39, 0.29) is 23.6 Å². The standard InChI is InChI=1S/C12H16O4/c13-9-3-1-2-7-4-8-5-11(6-15-11)12(7,9)10(14)16-8/h7-9,13H,1-6H2/t7-,8+,9-,11+,12-/m0/s1. The summed E-state index contributed by atoms with van der Waals surface area (Å²) in [5.74, 6) is 0.0865. The minimum Gasteiger partial charge on any atom is -0.462 e. The minimum atomic E-state index is -0.722. The largest absolute Gasteiger partial charge is 0.462 e. The van der Waals surface area contributed by atoms with Crippen molar-refractivity contribution in [2.24, 2.45) is 11.3 Å². The number of ether oxygens (including phenoxy) is 2. The number of carbonyl (C=O) groups is 1. The Balaban J connectivity index is 1.88. The third-order valence-corrected chi connectivity index (χ3v) is 5.16. The Morgan fingerprint density at radius 2 is 2.19 bits per heavy atom. The number of rotatable bonds is 0. The Bertz CT molecular complexity index is 362. The third-order valence-electron chi connectivity index (χ3n) is 5.16. The molecule has 2 aliphatic carbocycles. The van der Waals surface area contributed by atoms with Gasteiger partial charge in [-0.1, -0.05) is 6.42 Å². The van der Waals surface area contributed by atoms with Crippen LogP contribution in [0, 0.1) is 11.3 Å². The highest BCUT2D eigenvalue weighted by Gasteiger charge is 2.78. The molecule has 0 unspecified atom stereocenters. The van der Waals surface area contributed by atoms with Gasteiger partial charge in [-0.2, -0.15) is 0 Å². The topological polar surface area (TPSA) is 59.1 Å². The molecule has 2 spiro atoms. The van der Waals surface area contributed by atoms with Gasteiger partial charge in [-0.3, -0.25) is 4.79 Å². The molecule has 4 nitrogen and oxygen atoms in total. The summed E-state index contributed by atoms with van der Waals surface area (Å²) in [6, 6.07) is 0. The normalized spacial score (nSPS) is 58.3. The average molecular weight is 224 g/mol. The van der Waals surface area contributed by atoms with Crippen LogP contribution in [0.2, 0.25) is 0 Å². The highest BCUT2D eigenvalue weighted by molar-refractivity contribution is 5.83. The molecule has 3 saturated heterocycles. The minimum absolute atomic E-state index is 0.0344. The van der Waals surface area contributed by atoms with Crippen LogP contribution in [0.5, 0.6) is 0 Å². The first kappa shape index (κ1) is 9.42. The maximum absolute atomic E-state index is 12.2. The number of esters is 1. The van der Waals surface area contributed by atoms with Crippen LogP contribution in [-0.2, 0) is 14.3 Å². The lowest BCUT2D eigenvalue weighted by atomic mass is 9.51. The van der Waals surface area contributed by atoms with E-state index < -0.39 is 11.5 Å². The maximum Gasteiger partial charge on any atom is 0.318 e. The second-order valence-corrected chi connectivity index (χ2v) is 5.76. The maximum atomic E-state index is 12.2. The highest BCUT2D eigenvalue weighted by Crippen LogP contribution is 2.65. The molecule has 0 amide bonds. The molecule has 0 aromatic heterocycles. The summed E-state index contributed by atoms with van der Waals surface area (Å²) >= 11 is 0. The van der Waals surface area contributed by atoms with Crippen molar-refractivity contribution in [1.82, 2.24) is 0 Å². The van der Waals surface area contributed by atoms with Crippen LogP contribution >= 0.6 is 0 Å². The molecule has 3 heterocycles. The average Bonchev–Trinajstić information content (AvgIpc) is 2.97. The summed E-state index contributed by atoms with van der Waals surface area (Å²) < 4.78 is 11.0. The van der Waals surface area contributed by atoms with Gasteiger partial charge in [0.25, 0.3) is 0 Å². The molecule has 88 valence electrons. The quantitative estimate of drug-likeness (QED) is 0.484. The molecule has 1 N–H and O–H groups in total. The molecule has 3 aliphatic heterocycles. The Hall–Kier alpha value is -0.610. The molecule has 16 heavy (non-hydrogen) atoms. The number of hydrogen-bond donors (Lipinski definition) is 1. The lowest BCUT2D eigenvalue weighted by Gasteiger charge is -2.57. The second kappa shape index (κ2) is 2.62. The summed E-state index contributed by atoms with van der Waals surface area (Å²) in [6.45, 7) is 0.631. The molecular weight excluding hydrogens is 208 g/mol. The Morgan fingerprint density at radius 1 is 1.38 bits per heavy atom. The molecule has 0 radical (unpaired) electrons. The van der Waals surface area contributed by atoms with Crippen molar-refractivity contribution in [2.75, 3.05) is 6.61 Å². The molecule has 5 fully saturated rings. The number of epoxide rings is 1. The molecule has 0 aromatic carbocycles. The van der Waals surface area contributed by atoms with Crippen LogP contribution in [0.1, 0.15) is 32.1 Å². The van der Waals surface area contributed by atoms with Gasteiger partial charge in [0.2, 0.25) is 0 Å². The molecule has 0 aromatic rings. The van der Waals surface area contributed by atoms with Gasteiger partial charge in [0, 0.05) is 6.42 Å². The number of fused-ring (bicyclic) bond motifs is 1. The van der Waals surface area contributed by atoms with Crippen molar-refractivity contribution < 1.29 is 19.4 Å². The first-order valence-corrected chi connectivity index (χ1v) is 6.22. The molecular formula is C12H16O4. The lowest BCUT2D eigenvalue weighted by Crippen LogP contribution is -2.68. The number of aliphatic hydroxyl groups excluding tert-OH is 1. The Kier molecular flexibility index (Phi) is 1.54. The van der Waals surface area contributed by atoms with Crippen LogP contribution in [0.4, 0.5) is 0 Å². The van der Waals surface area contributed by atoms with Gasteiger partial charge in [0.1, 0.15) is 17.1 Å².